The molecule has 28 heavy (non-hydrogen) atoms. The van der Waals surface area contributed by atoms with Gasteiger partial charge in [-0.05, 0) is 38.1 Å². The highest BCUT2D eigenvalue weighted by atomic mass is 16.6. The molecule has 0 atom stereocenters. The van der Waals surface area contributed by atoms with Gasteiger partial charge in [0.05, 0.1) is 27.9 Å². The normalized spacial score (nSPS) is 10.8. The summed E-state index contributed by atoms with van der Waals surface area (Å²) in [5.41, 5.74) is 1.20. The van der Waals surface area contributed by atoms with Crippen molar-refractivity contribution in [2.75, 3.05) is 18.0 Å². The highest BCUT2D eigenvalue weighted by Crippen LogP contribution is 2.22. The number of rotatable bonds is 7. The van der Waals surface area contributed by atoms with Crippen LogP contribution in [0.2, 0.25) is 0 Å². The summed E-state index contributed by atoms with van der Waals surface area (Å²) >= 11 is 0. The van der Waals surface area contributed by atoms with Gasteiger partial charge in [0.25, 0.3) is 11.2 Å². The predicted molar refractivity (Wildman–Crippen MR) is 107 cm³/mol. The average Bonchev–Trinajstić information content (AvgIpc) is 2.69. The van der Waals surface area contributed by atoms with Crippen LogP contribution in [0.1, 0.15) is 19.7 Å². The molecule has 0 N–H and O–H groups in total. The van der Waals surface area contributed by atoms with Crippen molar-refractivity contribution in [2.45, 2.75) is 20.3 Å². The lowest BCUT2D eigenvalue weighted by Crippen LogP contribution is -2.25. The molecule has 0 spiro atoms. The number of hydrogen-bond donors (Lipinski definition) is 0. The van der Waals surface area contributed by atoms with Crippen LogP contribution < -0.4 is 10.5 Å². The Hall–Kier alpha value is -3.55. The summed E-state index contributed by atoms with van der Waals surface area (Å²) in [7, 11) is 0. The molecule has 0 unspecified atom stereocenters. The Bertz CT molecular complexity index is 1100. The van der Waals surface area contributed by atoms with Crippen LogP contribution in [0.25, 0.3) is 16.6 Å². The molecular weight excluding hydrogens is 360 g/mol. The highest BCUT2D eigenvalue weighted by molar-refractivity contribution is 5.81. The third-order valence-corrected chi connectivity index (χ3v) is 4.61. The number of carbonyl (C=O) groups is 1. The second-order valence-electron chi connectivity index (χ2n) is 6.19. The molecular formula is C20H20N4O4. The van der Waals surface area contributed by atoms with Crippen LogP contribution in [0.5, 0.6) is 0 Å². The lowest BCUT2D eigenvalue weighted by atomic mass is 10.2. The fraction of sp³-hybridized carbons (Fsp3) is 0.250. The predicted octanol–water partition coefficient (Wildman–Crippen LogP) is 2.88. The first-order valence-corrected chi connectivity index (χ1v) is 8.99. The minimum absolute atomic E-state index is 0.0440. The van der Waals surface area contributed by atoms with Gasteiger partial charge in [0.2, 0.25) is 0 Å². The minimum Gasteiger partial charge on any atom is -0.372 e. The molecule has 8 nitrogen and oxygen atoms in total. The summed E-state index contributed by atoms with van der Waals surface area (Å²) in [6.07, 6.45) is 0.640. The third kappa shape index (κ3) is 3.48. The number of carbonyl (C=O) groups excluding carboxylic acids is 1. The fourth-order valence-corrected chi connectivity index (χ4v) is 3.23. The van der Waals surface area contributed by atoms with E-state index in [1.54, 1.807) is 6.07 Å². The van der Waals surface area contributed by atoms with Gasteiger partial charge in [-0.25, -0.2) is 4.98 Å². The topological polar surface area (TPSA) is 98.3 Å². The molecule has 0 saturated heterocycles. The Morgan fingerprint density at radius 3 is 2.57 bits per heavy atom. The van der Waals surface area contributed by atoms with Gasteiger partial charge < -0.3 is 9.69 Å². The van der Waals surface area contributed by atoms with Gasteiger partial charge in [-0.1, -0.05) is 6.07 Å². The van der Waals surface area contributed by atoms with Gasteiger partial charge in [0, 0.05) is 30.9 Å². The summed E-state index contributed by atoms with van der Waals surface area (Å²) in [6, 6.07) is 11.3. The van der Waals surface area contributed by atoms with E-state index in [4.69, 9.17) is 0 Å². The molecule has 0 aliphatic heterocycles. The van der Waals surface area contributed by atoms with Crippen molar-refractivity contribution in [3.63, 3.8) is 0 Å². The van der Waals surface area contributed by atoms with E-state index < -0.39 is 10.5 Å². The molecule has 0 amide bonds. The van der Waals surface area contributed by atoms with Gasteiger partial charge in [-0.3, -0.25) is 19.5 Å². The Morgan fingerprint density at radius 1 is 1.18 bits per heavy atom. The summed E-state index contributed by atoms with van der Waals surface area (Å²) in [6.45, 7) is 5.68. The van der Waals surface area contributed by atoms with E-state index in [9.17, 15) is 19.7 Å². The Morgan fingerprint density at radius 2 is 1.93 bits per heavy atom. The standard InChI is InChI=1S/C20H20N4O4/c1-3-22(4-2)14-6-5-7-15(12-14)23-19(10-11-25)21-18-9-8-16(24(27)28)13-17(18)20(23)26/h5-9,11-13H,3-4,10H2,1-2H3. The average molecular weight is 380 g/mol. The molecule has 0 bridgehead atoms. The largest absolute Gasteiger partial charge is 0.372 e. The zero-order valence-electron chi connectivity index (χ0n) is 15.7. The molecule has 0 saturated carbocycles. The van der Waals surface area contributed by atoms with E-state index in [-0.39, 0.29) is 23.3 Å². The first-order chi connectivity index (χ1) is 13.5. The van der Waals surface area contributed by atoms with E-state index in [0.717, 1.165) is 18.8 Å². The third-order valence-electron chi connectivity index (χ3n) is 4.61. The summed E-state index contributed by atoms with van der Waals surface area (Å²) in [5, 5.41) is 11.2. The smallest absolute Gasteiger partial charge is 0.270 e. The minimum atomic E-state index is -0.552. The summed E-state index contributed by atoms with van der Waals surface area (Å²) < 4.78 is 1.35. The molecule has 1 heterocycles. The fourth-order valence-electron chi connectivity index (χ4n) is 3.23. The second kappa shape index (κ2) is 7.99. The molecule has 0 fully saturated rings. The first-order valence-electron chi connectivity index (χ1n) is 8.99. The molecule has 0 radical (unpaired) electrons. The quantitative estimate of drug-likeness (QED) is 0.355. The van der Waals surface area contributed by atoms with Gasteiger partial charge in [0.1, 0.15) is 12.1 Å². The number of non-ortho nitro benzene ring substituents is 1. The van der Waals surface area contributed by atoms with Crippen LogP contribution in [0.15, 0.2) is 47.3 Å². The van der Waals surface area contributed by atoms with Crippen LogP contribution in [-0.4, -0.2) is 33.9 Å². The highest BCUT2D eigenvalue weighted by Gasteiger charge is 2.16. The molecule has 8 heteroatoms. The van der Waals surface area contributed by atoms with Gasteiger partial charge in [0.15, 0.2) is 0 Å². The van der Waals surface area contributed by atoms with Crippen LogP contribution >= 0.6 is 0 Å². The summed E-state index contributed by atoms with van der Waals surface area (Å²) in [4.78, 5) is 41.4. The van der Waals surface area contributed by atoms with Crippen molar-refractivity contribution in [1.82, 2.24) is 9.55 Å². The number of nitrogens with zero attached hydrogens (tertiary/aromatic N) is 4. The van der Waals surface area contributed by atoms with Crippen LogP contribution in [0.4, 0.5) is 11.4 Å². The molecule has 1 aromatic heterocycles. The van der Waals surface area contributed by atoms with E-state index in [1.165, 1.54) is 22.8 Å². The number of fused-ring (bicyclic) bond motifs is 1. The molecule has 144 valence electrons. The maximum absolute atomic E-state index is 13.2. The van der Waals surface area contributed by atoms with Crippen molar-refractivity contribution in [3.8, 4) is 5.69 Å². The van der Waals surface area contributed by atoms with Crippen molar-refractivity contribution >= 4 is 28.6 Å². The Labute approximate surface area is 161 Å². The van der Waals surface area contributed by atoms with Gasteiger partial charge in [-0.15, -0.1) is 0 Å². The Kier molecular flexibility index (Phi) is 5.49. The van der Waals surface area contributed by atoms with E-state index in [0.29, 0.717) is 17.5 Å². The van der Waals surface area contributed by atoms with Gasteiger partial charge >= 0.3 is 0 Å². The first kappa shape index (κ1) is 19.2. The van der Waals surface area contributed by atoms with E-state index in [2.05, 4.69) is 9.88 Å². The van der Waals surface area contributed by atoms with Crippen molar-refractivity contribution in [1.29, 1.82) is 0 Å². The number of aromatic nitrogens is 2. The number of nitro groups is 1. The van der Waals surface area contributed by atoms with Crippen LogP contribution in [0, 0.1) is 10.1 Å². The van der Waals surface area contributed by atoms with Crippen LogP contribution in [0.3, 0.4) is 0 Å². The van der Waals surface area contributed by atoms with E-state index >= 15 is 0 Å². The molecule has 2 aromatic carbocycles. The molecule has 0 aliphatic carbocycles. The molecule has 3 aromatic rings. The Balaban J connectivity index is 2.29. The number of aldehydes is 1. The van der Waals surface area contributed by atoms with Crippen LogP contribution in [-0.2, 0) is 11.2 Å². The number of hydrogen-bond acceptors (Lipinski definition) is 6. The SMILES string of the molecule is CCN(CC)c1cccc(-n2c(CC=O)nc3ccc([N+](=O)[O-])cc3c2=O)c1. The number of benzene rings is 2. The molecule has 3 rings (SSSR count). The zero-order chi connectivity index (χ0) is 20.3. The van der Waals surface area contributed by atoms with E-state index in [1.807, 2.05) is 32.0 Å². The number of anilines is 1. The zero-order valence-corrected chi connectivity index (χ0v) is 15.7. The van der Waals surface area contributed by atoms with Crippen molar-refractivity contribution < 1.29 is 9.72 Å². The molecule has 0 aliphatic rings. The summed E-state index contributed by atoms with van der Waals surface area (Å²) in [5.74, 6) is 0.290. The van der Waals surface area contributed by atoms with Crippen molar-refractivity contribution in [2.24, 2.45) is 0 Å². The second-order valence-corrected chi connectivity index (χ2v) is 6.19. The maximum Gasteiger partial charge on any atom is 0.270 e. The number of nitro benzene ring substituents is 1. The lowest BCUT2D eigenvalue weighted by Gasteiger charge is -2.22. The monoisotopic (exact) mass is 380 g/mol. The lowest BCUT2D eigenvalue weighted by molar-refractivity contribution is -0.384. The van der Waals surface area contributed by atoms with Gasteiger partial charge in [-0.2, -0.15) is 0 Å². The maximum atomic E-state index is 13.2. The van der Waals surface area contributed by atoms with Crippen molar-refractivity contribution in [3.05, 3.63) is 68.8 Å².